The van der Waals surface area contributed by atoms with Gasteiger partial charge in [-0.2, -0.15) is 0 Å². The highest BCUT2D eigenvalue weighted by molar-refractivity contribution is 8.18. The van der Waals surface area contributed by atoms with Gasteiger partial charge < -0.3 is 19.1 Å². The number of carbonyl (C=O) groups excluding carboxylic acids is 4. The zero-order chi connectivity index (χ0) is 22.4. The van der Waals surface area contributed by atoms with Gasteiger partial charge in [0, 0.05) is 13.1 Å². The molecule has 9 nitrogen and oxygen atoms in total. The fraction of sp³-hybridized carbons (Fsp3) is 0.429. The molecule has 2 fully saturated rings. The maximum absolute atomic E-state index is 12.6. The molecular weight excluding hydrogens is 424 g/mol. The third-order valence-electron chi connectivity index (χ3n) is 4.74. The Bertz CT molecular complexity index is 878. The Morgan fingerprint density at radius 1 is 1.19 bits per heavy atom. The van der Waals surface area contributed by atoms with Crippen LogP contribution < -0.4 is 4.74 Å². The van der Waals surface area contributed by atoms with Crippen LogP contribution in [0.25, 0.3) is 6.08 Å². The van der Waals surface area contributed by atoms with Crippen molar-refractivity contribution in [2.24, 2.45) is 0 Å². The van der Waals surface area contributed by atoms with Crippen LogP contribution in [-0.4, -0.2) is 78.4 Å². The standard InChI is InChI=1S/C21H24N2O7S/c1-3-29-20(26)14(2)23-19(25)17(31-21(23)27)12-15-4-6-16(7-5-15)30-13-18(24)22-8-10-28-11-9-22/h4-7,12,14H,3,8-11,13H2,1-2H3/b17-12+/t14-/m1/s1. The summed E-state index contributed by atoms with van der Waals surface area (Å²) in [6, 6.07) is 5.82. The van der Waals surface area contributed by atoms with Gasteiger partial charge in [-0.15, -0.1) is 0 Å². The lowest BCUT2D eigenvalue weighted by Gasteiger charge is -2.26. The van der Waals surface area contributed by atoms with Gasteiger partial charge in [-0.3, -0.25) is 19.3 Å². The number of morpholine rings is 1. The molecule has 1 atom stereocenters. The van der Waals surface area contributed by atoms with E-state index in [1.807, 2.05) is 0 Å². The number of thioether (sulfide) groups is 1. The minimum Gasteiger partial charge on any atom is -0.484 e. The number of hydrogen-bond donors (Lipinski definition) is 0. The zero-order valence-electron chi connectivity index (χ0n) is 17.4. The third kappa shape index (κ3) is 5.65. The van der Waals surface area contributed by atoms with Crippen LogP contribution in [0.4, 0.5) is 4.79 Å². The molecule has 0 bridgehead atoms. The molecule has 0 aromatic heterocycles. The van der Waals surface area contributed by atoms with Gasteiger partial charge >= 0.3 is 5.97 Å². The highest BCUT2D eigenvalue weighted by Crippen LogP contribution is 2.34. The molecule has 0 N–H and O–H groups in total. The van der Waals surface area contributed by atoms with E-state index in [4.69, 9.17) is 14.2 Å². The third-order valence-corrected chi connectivity index (χ3v) is 5.63. The summed E-state index contributed by atoms with van der Waals surface area (Å²) in [6.45, 7) is 5.40. The van der Waals surface area contributed by atoms with Gasteiger partial charge in [0.2, 0.25) is 0 Å². The highest BCUT2D eigenvalue weighted by atomic mass is 32.2. The molecule has 2 aliphatic heterocycles. The van der Waals surface area contributed by atoms with E-state index in [2.05, 4.69) is 0 Å². The average Bonchev–Trinajstić information content (AvgIpc) is 3.06. The first-order chi connectivity index (χ1) is 14.9. The van der Waals surface area contributed by atoms with Crippen LogP contribution in [0.1, 0.15) is 19.4 Å². The van der Waals surface area contributed by atoms with E-state index in [0.29, 0.717) is 37.6 Å². The Kier molecular flexibility index (Phi) is 7.69. The number of esters is 1. The van der Waals surface area contributed by atoms with Crippen LogP contribution in [-0.2, 0) is 23.9 Å². The van der Waals surface area contributed by atoms with Crippen molar-refractivity contribution in [3.05, 3.63) is 34.7 Å². The second-order valence-corrected chi connectivity index (χ2v) is 7.82. The average molecular weight is 448 g/mol. The minimum absolute atomic E-state index is 0.0655. The Labute approximate surface area is 184 Å². The lowest BCUT2D eigenvalue weighted by atomic mass is 10.2. The smallest absolute Gasteiger partial charge is 0.329 e. The number of nitrogens with zero attached hydrogens (tertiary/aromatic N) is 2. The Morgan fingerprint density at radius 3 is 2.52 bits per heavy atom. The van der Waals surface area contributed by atoms with Crippen molar-refractivity contribution < 1.29 is 33.4 Å². The van der Waals surface area contributed by atoms with E-state index in [1.54, 1.807) is 42.2 Å². The summed E-state index contributed by atoms with van der Waals surface area (Å²) in [7, 11) is 0. The van der Waals surface area contributed by atoms with E-state index >= 15 is 0 Å². The van der Waals surface area contributed by atoms with Crippen LogP contribution in [0.5, 0.6) is 5.75 Å². The minimum atomic E-state index is -0.988. The van der Waals surface area contributed by atoms with Gasteiger partial charge in [0.05, 0.1) is 24.7 Å². The van der Waals surface area contributed by atoms with Gasteiger partial charge in [0.15, 0.2) is 6.61 Å². The van der Waals surface area contributed by atoms with E-state index in [1.165, 1.54) is 6.92 Å². The fourth-order valence-corrected chi connectivity index (χ4v) is 3.95. The fourth-order valence-electron chi connectivity index (χ4n) is 3.04. The molecule has 0 aliphatic carbocycles. The number of rotatable bonds is 7. The Morgan fingerprint density at radius 2 is 1.87 bits per heavy atom. The van der Waals surface area contributed by atoms with Crippen molar-refractivity contribution in [1.29, 1.82) is 0 Å². The summed E-state index contributed by atoms with van der Waals surface area (Å²) >= 11 is 0.774. The molecule has 0 saturated carbocycles. The predicted molar refractivity (Wildman–Crippen MR) is 113 cm³/mol. The normalized spacial score (nSPS) is 19.0. The van der Waals surface area contributed by atoms with Crippen LogP contribution >= 0.6 is 11.8 Å². The number of ether oxygens (including phenoxy) is 3. The molecular formula is C21H24N2O7S. The molecule has 31 heavy (non-hydrogen) atoms. The summed E-state index contributed by atoms with van der Waals surface area (Å²) in [5.41, 5.74) is 0.682. The molecule has 0 radical (unpaired) electrons. The molecule has 0 spiro atoms. The van der Waals surface area contributed by atoms with Gasteiger partial charge in [0.25, 0.3) is 17.1 Å². The van der Waals surface area contributed by atoms with E-state index in [0.717, 1.165) is 16.7 Å². The first-order valence-corrected chi connectivity index (χ1v) is 10.7. The lowest BCUT2D eigenvalue weighted by Crippen LogP contribution is -2.42. The number of benzene rings is 1. The summed E-state index contributed by atoms with van der Waals surface area (Å²) in [4.78, 5) is 51.7. The number of imide groups is 1. The molecule has 1 aromatic carbocycles. The predicted octanol–water partition coefficient (Wildman–Crippen LogP) is 1.91. The summed E-state index contributed by atoms with van der Waals surface area (Å²) in [6.07, 6.45) is 1.57. The first-order valence-electron chi connectivity index (χ1n) is 9.92. The summed E-state index contributed by atoms with van der Waals surface area (Å²) < 4.78 is 15.7. The largest absolute Gasteiger partial charge is 0.484 e. The molecule has 3 rings (SSSR count). The lowest BCUT2D eigenvalue weighted by molar-refractivity contribution is -0.150. The van der Waals surface area contributed by atoms with Crippen molar-refractivity contribution in [2.45, 2.75) is 19.9 Å². The van der Waals surface area contributed by atoms with Crippen molar-refractivity contribution in [1.82, 2.24) is 9.80 Å². The molecule has 1 aromatic rings. The molecule has 2 aliphatic rings. The van der Waals surface area contributed by atoms with Crippen LogP contribution in [0.15, 0.2) is 29.2 Å². The van der Waals surface area contributed by atoms with Crippen LogP contribution in [0.3, 0.4) is 0 Å². The van der Waals surface area contributed by atoms with Crippen molar-refractivity contribution >= 4 is 40.9 Å². The number of carbonyl (C=O) groups is 4. The van der Waals surface area contributed by atoms with Crippen LogP contribution in [0.2, 0.25) is 0 Å². The number of hydrogen-bond acceptors (Lipinski definition) is 8. The zero-order valence-corrected chi connectivity index (χ0v) is 18.2. The van der Waals surface area contributed by atoms with Crippen molar-refractivity contribution in [3.8, 4) is 5.75 Å². The maximum atomic E-state index is 12.6. The monoisotopic (exact) mass is 448 g/mol. The Hall–Kier alpha value is -2.85. The SMILES string of the molecule is CCOC(=O)[C@@H](C)N1C(=O)S/C(=C/c2ccc(OCC(=O)N3CCOCC3)cc2)C1=O. The van der Waals surface area contributed by atoms with Gasteiger partial charge in [-0.05, 0) is 49.4 Å². The molecule has 0 unspecified atom stereocenters. The van der Waals surface area contributed by atoms with E-state index in [-0.39, 0.29) is 24.0 Å². The molecule has 10 heteroatoms. The van der Waals surface area contributed by atoms with Gasteiger partial charge in [-0.1, -0.05) is 12.1 Å². The van der Waals surface area contributed by atoms with E-state index in [9.17, 15) is 19.2 Å². The number of amides is 3. The Balaban J connectivity index is 1.59. The summed E-state index contributed by atoms with van der Waals surface area (Å²) in [5.74, 6) is -0.745. The van der Waals surface area contributed by atoms with Gasteiger partial charge in [-0.25, -0.2) is 4.79 Å². The molecule has 3 amide bonds. The first kappa shape index (κ1) is 22.8. The second-order valence-electron chi connectivity index (χ2n) is 6.83. The topological polar surface area (TPSA) is 102 Å². The van der Waals surface area contributed by atoms with E-state index < -0.39 is 23.2 Å². The second kappa shape index (κ2) is 10.5. The summed E-state index contributed by atoms with van der Waals surface area (Å²) in [5, 5.41) is -0.515. The molecule has 2 saturated heterocycles. The highest BCUT2D eigenvalue weighted by Gasteiger charge is 2.41. The maximum Gasteiger partial charge on any atom is 0.329 e. The van der Waals surface area contributed by atoms with Crippen molar-refractivity contribution in [3.63, 3.8) is 0 Å². The molecule has 2 heterocycles. The van der Waals surface area contributed by atoms with Gasteiger partial charge in [0.1, 0.15) is 11.8 Å². The van der Waals surface area contributed by atoms with Crippen LogP contribution in [0, 0.1) is 0 Å². The van der Waals surface area contributed by atoms with Crippen molar-refractivity contribution in [2.75, 3.05) is 39.5 Å². The quantitative estimate of drug-likeness (QED) is 0.460. The molecule has 166 valence electrons.